The molecule has 2 heterocycles. The lowest BCUT2D eigenvalue weighted by Gasteiger charge is -2.35. The smallest absolute Gasteiger partial charge is 0.218 e. The van der Waals surface area contributed by atoms with E-state index < -0.39 is 10.0 Å². The van der Waals surface area contributed by atoms with Crippen molar-refractivity contribution < 1.29 is 13.2 Å². The Bertz CT molecular complexity index is 360. The van der Waals surface area contributed by atoms with Crippen molar-refractivity contribution >= 4 is 10.0 Å². The van der Waals surface area contributed by atoms with Gasteiger partial charge in [-0.25, -0.2) is 8.42 Å². The van der Waals surface area contributed by atoms with Crippen molar-refractivity contribution in [3.05, 3.63) is 0 Å². The van der Waals surface area contributed by atoms with Crippen molar-refractivity contribution in [1.82, 2.24) is 9.21 Å². The Morgan fingerprint density at radius 1 is 1.41 bits per heavy atom. The van der Waals surface area contributed by atoms with Crippen LogP contribution in [-0.4, -0.2) is 75.4 Å². The SMILES string of the molecule is CN1CCC(S(=O)(=O)N2CCOCC2CN)C1. The summed E-state index contributed by atoms with van der Waals surface area (Å²) in [6.07, 6.45) is 0.716. The summed E-state index contributed by atoms with van der Waals surface area (Å²) in [5.74, 6) is 0. The van der Waals surface area contributed by atoms with E-state index in [4.69, 9.17) is 10.5 Å². The largest absolute Gasteiger partial charge is 0.378 e. The zero-order valence-corrected chi connectivity index (χ0v) is 11.0. The van der Waals surface area contributed by atoms with Gasteiger partial charge in [-0.15, -0.1) is 0 Å². The molecule has 2 N–H and O–H groups in total. The number of hydrogen-bond acceptors (Lipinski definition) is 5. The monoisotopic (exact) mass is 263 g/mol. The van der Waals surface area contributed by atoms with Crippen LogP contribution in [0.3, 0.4) is 0 Å². The standard InChI is InChI=1S/C10H21N3O3S/c1-12-3-2-10(7-12)17(14,15)13-4-5-16-8-9(13)6-11/h9-10H,2-8,11H2,1H3. The Kier molecular flexibility index (Phi) is 4.04. The fourth-order valence-corrected chi connectivity index (χ4v) is 4.61. The minimum Gasteiger partial charge on any atom is -0.378 e. The van der Waals surface area contributed by atoms with Crippen LogP contribution in [0.25, 0.3) is 0 Å². The van der Waals surface area contributed by atoms with E-state index in [0.29, 0.717) is 39.3 Å². The highest BCUT2D eigenvalue weighted by Crippen LogP contribution is 2.22. The molecule has 0 aromatic carbocycles. The number of ether oxygens (including phenoxy) is 1. The third-order valence-electron chi connectivity index (χ3n) is 3.54. The van der Waals surface area contributed by atoms with Gasteiger partial charge in [0.05, 0.1) is 24.5 Å². The predicted molar refractivity (Wildman–Crippen MR) is 65.2 cm³/mol. The third kappa shape index (κ3) is 2.63. The lowest BCUT2D eigenvalue weighted by molar-refractivity contribution is 0.0354. The first-order valence-electron chi connectivity index (χ1n) is 6.02. The normalized spacial score (nSPS) is 33.1. The topological polar surface area (TPSA) is 75.9 Å². The third-order valence-corrected chi connectivity index (χ3v) is 5.90. The van der Waals surface area contributed by atoms with E-state index in [-0.39, 0.29) is 11.3 Å². The van der Waals surface area contributed by atoms with Crippen molar-refractivity contribution in [3.63, 3.8) is 0 Å². The van der Waals surface area contributed by atoms with Crippen LogP contribution in [0.4, 0.5) is 0 Å². The van der Waals surface area contributed by atoms with Crippen LogP contribution in [0.1, 0.15) is 6.42 Å². The fourth-order valence-electron chi connectivity index (χ4n) is 2.49. The van der Waals surface area contributed by atoms with E-state index in [9.17, 15) is 8.42 Å². The van der Waals surface area contributed by atoms with E-state index in [1.165, 1.54) is 0 Å². The van der Waals surface area contributed by atoms with Gasteiger partial charge in [0, 0.05) is 19.6 Å². The number of nitrogens with zero attached hydrogens (tertiary/aromatic N) is 2. The lowest BCUT2D eigenvalue weighted by Crippen LogP contribution is -2.54. The summed E-state index contributed by atoms with van der Waals surface area (Å²) in [6, 6.07) is -0.195. The molecule has 0 spiro atoms. The second-order valence-electron chi connectivity index (χ2n) is 4.79. The Morgan fingerprint density at radius 3 is 2.76 bits per heavy atom. The molecule has 2 atom stereocenters. The zero-order valence-electron chi connectivity index (χ0n) is 10.2. The van der Waals surface area contributed by atoms with Gasteiger partial charge in [0.15, 0.2) is 0 Å². The number of morpholine rings is 1. The van der Waals surface area contributed by atoms with Crippen LogP contribution in [0.15, 0.2) is 0 Å². The Hall–Kier alpha value is -0.210. The van der Waals surface area contributed by atoms with Crippen molar-refractivity contribution in [3.8, 4) is 0 Å². The van der Waals surface area contributed by atoms with Gasteiger partial charge in [0.2, 0.25) is 10.0 Å². The summed E-state index contributed by atoms with van der Waals surface area (Å²) in [5.41, 5.74) is 5.62. The van der Waals surface area contributed by atoms with Gasteiger partial charge in [0.25, 0.3) is 0 Å². The van der Waals surface area contributed by atoms with E-state index in [1.54, 1.807) is 4.31 Å². The van der Waals surface area contributed by atoms with Gasteiger partial charge >= 0.3 is 0 Å². The number of nitrogens with two attached hydrogens (primary N) is 1. The molecule has 100 valence electrons. The maximum atomic E-state index is 12.5. The molecule has 6 nitrogen and oxygen atoms in total. The van der Waals surface area contributed by atoms with E-state index in [2.05, 4.69) is 4.90 Å². The fraction of sp³-hybridized carbons (Fsp3) is 1.00. The molecular weight excluding hydrogens is 242 g/mol. The quantitative estimate of drug-likeness (QED) is 0.683. The first kappa shape index (κ1) is 13.2. The predicted octanol–water partition coefficient (Wildman–Crippen LogP) is -1.32. The highest BCUT2D eigenvalue weighted by atomic mass is 32.2. The molecule has 0 saturated carbocycles. The zero-order chi connectivity index (χ0) is 12.5. The lowest BCUT2D eigenvalue weighted by atomic mass is 10.3. The Labute approximate surface area is 103 Å². The van der Waals surface area contributed by atoms with Crippen molar-refractivity contribution in [2.24, 2.45) is 5.73 Å². The summed E-state index contributed by atoms with van der Waals surface area (Å²) in [4.78, 5) is 2.06. The van der Waals surface area contributed by atoms with Crippen molar-refractivity contribution in [2.75, 3.05) is 46.4 Å². The summed E-state index contributed by atoms with van der Waals surface area (Å²) in [6.45, 7) is 3.11. The summed E-state index contributed by atoms with van der Waals surface area (Å²) in [5, 5.41) is -0.278. The van der Waals surface area contributed by atoms with Gasteiger partial charge < -0.3 is 15.4 Å². The summed E-state index contributed by atoms with van der Waals surface area (Å²) < 4.78 is 31.8. The first-order valence-corrected chi connectivity index (χ1v) is 7.53. The van der Waals surface area contributed by atoms with Crippen LogP contribution >= 0.6 is 0 Å². The van der Waals surface area contributed by atoms with E-state index >= 15 is 0 Å². The maximum absolute atomic E-state index is 12.5. The molecule has 2 aliphatic heterocycles. The summed E-state index contributed by atoms with van der Waals surface area (Å²) >= 11 is 0. The van der Waals surface area contributed by atoms with Gasteiger partial charge in [-0.3, -0.25) is 0 Å². The number of rotatable bonds is 3. The molecule has 2 fully saturated rings. The molecule has 2 rings (SSSR count). The highest BCUT2D eigenvalue weighted by molar-refractivity contribution is 7.89. The molecule has 0 bridgehead atoms. The van der Waals surface area contributed by atoms with Crippen LogP contribution in [0, 0.1) is 0 Å². The van der Waals surface area contributed by atoms with Gasteiger partial charge in [-0.2, -0.15) is 4.31 Å². The van der Waals surface area contributed by atoms with Crippen LogP contribution in [-0.2, 0) is 14.8 Å². The molecule has 0 radical (unpaired) electrons. The second kappa shape index (κ2) is 5.19. The van der Waals surface area contributed by atoms with Crippen LogP contribution in [0.5, 0.6) is 0 Å². The highest BCUT2D eigenvalue weighted by Gasteiger charge is 2.40. The number of likely N-dealkylation sites (tertiary alicyclic amines) is 1. The summed E-state index contributed by atoms with van der Waals surface area (Å²) in [7, 11) is -1.27. The molecule has 0 aliphatic carbocycles. The maximum Gasteiger partial charge on any atom is 0.218 e. The minimum atomic E-state index is -3.22. The van der Waals surface area contributed by atoms with Crippen LogP contribution < -0.4 is 5.73 Å². The molecule has 2 saturated heterocycles. The molecule has 0 aromatic heterocycles. The minimum absolute atomic E-state index is 0.195. The average molecular weight is 263 g/mol. The van der Waals surface area contributed by atoms with E-state index in [1.807, 2.05) is 7.05 Å². The molecule has 0 aromatic rings. The molecular formula is C10H21N3O3S. The number of sulfonamides is 1. The van der Waals surface area contributed by atoms with Crippen molar-refractivity contribution in [1.29, 1.82) is 0 Å². The molecule has 7 heteroatoms. The van der Waals surface area contributed by atoms with Gasteiger partial charge in [-0.1, -0.05) is 0 Å². The molecule has 0 amide bonds. The first-order chi connectivity index (χ1) is 8.05. The van der Waals surface area contributed by atoms with Gasteiger partial charge in [-0.05, 0) is 20.0 Å². The molecule has 17 heavy (non-hydrogen) atoms. The second-order valence-corrected chi connectivity index (χ2v) is 6.96. The molecule has 2 unspecified atom stereocenters. The van der Waals surface area contributed by atoms with E-state index in [0.717, 1.165) is 6.54 Å². The Balaban J connectivity index is 2.13. The number of hydrogen-bond donors (Lipinski definition) is 1. The average Bonchev–Trinajstić information content (AvgIpc) is 2.76. The van der Waals surface area contributed by atoms with Crippen LogP contribution in [0.2, 0.25) is 0 Å². The van der Waals surface area contributed by atoms with Crippen molar-refractivity contribution in [2.45, 2.75) is 17.7 Å². The Morgan fingerprint density at radius 2 is 2.18 bits per heavy atom. The van der Waals surface area contributed by atoms with Gasteiger partial charge in [0.1, 0.15) is 0 Å². The molecule has 2 aliphatic rings.